The molecule has 3 aromatic rings. The maximum atomic E-state index is 12.3. The Kier molecular flexibility index (Phi) is 11.4. The van der Waals surface area contributed by atoms with Crippen LogP contribution in [0.4, 0.5) is 5.69 Å². The Hall–Kier alpha value is -3.84. The average Bonchev–Trinajstić information content (AvgIpc) is 2.91. The molecule has 0 aliphatic carbocycles. The zero-order valence-electron chi connectivity index (χ0n) is 21.1. The number of amides is 3. The van der Waals surface area contributed by atoms with Crippen molar-refractivity contribution in [2.45, 2.75) is 13.5 Å². The van der Waals surface area contributed by atoms with Crippen LogP contribution in [0.5, 0.6) is 17.2 Å². The van der Waals surface area contributed by atoms with Gasteiger partial charge in [0.25, 0.3) is 5.91 Å². The Morgan fingerprint density at radius 2 is 1.79 bits per heavy atom. The zero-order chi connectivity index (χ0) is 28.2. The summed E-state index contributed by atoms with van der Waals surface area (Å²) in [6.07, 6.45) is 1.37. The average molecular weight is 665 g/mol. The van der Waals surface area contributed by atoms with Crippen LogP contribution < -0.4 is 30.3 Å². The molecule has 0 heterocycles. The number of hydrogen-bond donors (Lipinski definition) is 3. The lowest BCUT2D eigenvalue weighted by Gasteiger charge is -2.14. The predicted molar refractivity (Wildman–Crippen MR) is 156 cm³/mol. The first-order valence-electron chi connectivity index (χ1n) is 11.7. The lowest BCUT2D eigenvalue weighted by molar-refractivity contribution is -0.139. The van der Waals surface area contributed by atoms with E-state index in [0.717, 1.165) is 5.56 Å². The van der Waals surface area contributed by atoms with Gasteiger partial charge in [0, 0.05) is 17.3 Å². The molecule has 3 N–H and O–H groups in total. The van der Waals surface area contributed by atoms with Crippen LogP contribution in [0.2, 0.25) is 5.02 Å². The number of hydrazone groups is 1. The molecule has 0 aliphatic rings. The maximum absolute atomic E-state index is 12.3. The summed E-state index contributed by atoms with van der Waals surface area (Å²) in [7, 11) is 1.56. The third-order valence-corrected chi connectivity index (χ3v) is 6.02. The normalized spacial score (nSPS) is 10.6. The van der Waals surface area contributed by atoms with E-state index in [-0.39, 0.29) is 19.1 Å². The monoisotopic (exact) mass is 664 g/mol. The van der Waals surface area contributed by atoms with Gasteiger partial charge in [-0.3, -0.25) is 14.4 Å². The van der Waals surface area contributed by atoms with Crippen LogP contribution in [-0.4, -0.2) is 44.3 Å². The number of hydrogen-bond acceptors (Lipinski definition) is 7. The Balaban J connectivity index is 1.56. The number of benzene rings is 3. The molecule has 10 nitrogen and oxygen atoms in total. The fraction of sp³-hybridized carbons (Fsp3) is 0.185. The molecule has 0 bridgehead atoms. The molecular formula is C27H26ClIN4O6. The molecule has 39 heavy (non-hydrogen) atoms. The summed E-state index contributed by atoms with van der Waals surface area (Å²) >= 11 is 8.00. The third-order valence-electron chi connectivity index (χ3n) is 4.99. The van der Waals surface area contributed by atoms with Crippen molar-refractivity contribution in [2.24, 2.45) is 5.10 Å². The highest BCUT2D eigenvalue weighted by Crippen LogP contribution is 2.34. The Morgan fingerprint density at radius 3 is 2.49 bits per heavy atom. The molecule has 3 aromatic carbocycles. The fourth-order valence-electron chi connectivity index (χ4n) is 3.19. The molecule has 204 valence electrons. The van der Waals surface area contributed by atoms with Crippen LogP contribution in [-0.2, 0) is 20.9 Å². The van der Waals surface area contributed by atoms with Crippen molar-refractivity contribution in [2.75, 3.05) is 25.6 Å². The molecule has 0 fully saturated rings. The van der Waals surface area contributed by atoms with Crippen molar-refractivity contribution in [3.63, 3.8) is 0 Å². The van der Waals surface area contributed by atoms with Crippen LogP contribution in [0.15, 0.2) is 65.8 Å². The predicted octanol–water partition coefficient (Wildman–Crippen LogP) is 4.14. The van der Waals surface area contributed by atoms with Gasteiger partial charge in [0.2, 0.25) is 0 Å². The van der Waals surface area contributed by atoms with Gasteiger partial charge in [-0.1, -0.05) is 29.8 Å². The second-order valence-electron chi connectivity index (χ2n) is 7.84. The minimum atomic E-state index is -0.912. The Labute approximate surface area is 244 Å². The summed E-state index contributed by atoms with van der Waals surface area (Å²) in [4.78, 5) is 36.5. The molecular weight excluding hydrogens is 639 g/mol. The lowest BCUT2D eigenvalue weighted by atomic mass is 10.2. The first-order chi connectivity index (χ1) is 18.8. The summed E-state index contributed by atoms with van der Waals surface area (Å²) < 4.78 is 17.2. The summed E-state index contributed by atoms with van der Waals surface area (Å²) in [6, 6.07) is 17.3. The second kappa shape index (κ2) is 14.9. The molecule has 0 aliphatic heterocycles. The molecule has 3 amide bonds. The second-order valence-corrected chi connectivity index (χ2v) is 9.44. The first kappa shape index (κ1) is 29.7. The van der Waals surface area contributed by atoms with Gasteiger partial charge in [0.1, 0.15) is 5.75 Å². The van der Waals surface area contributed by atoms with Crippen LogP contribution in [0.25, 0.3) is 0 Å². The number of halogens is 2. The fourth-order valence-corrected chi connectivity index (χ4v) is 4.16. The van der Waals surface area contributed by atoms with E-state index in [1.54, 1.807) is 67.8 Å². The third kappa shape index (κ3) is 9.45. The van der Waals surface area contributed by atoms with Crippen LogP contribution in [0.1, 0.15) is 18.1 Å². The highest BCUT2D eigenvalue weighted by molar-refractivity contribution is 14.1. The number of ether oxygens (including phenoxy) is 3. The van der Waals surface area contributed by atoms with Gasteiger partial charge in [0.05, 0.1) is 23.5 Å². The van der Waals surface area contributed by atoms with Gasteiger partial charge in [0.15, 0.2) is 18.1 Å². The number of anilines is 1. The van der Waals surface area contributed by atoms with E-state index in [1.807, 2.05) is 29.5 Å². The zero-order valence-corrected chi connectivity index (χ0v) is 24.0. The van der Waals surface area contributed by atoms with Gasteiger partial charge >= 0.3 is 11.8 Å². The van der Waals surface area contributed by atoms with Gasteiger partial charge in [-0.25, -0.2) is 5.43 Å². The molecule has 0 saturated heterocycles. The molecule has 0 saturated carbocycles. The van der Waals surface area contributed by atoms with E-state index in [9.17, 15) is 14.4 Å². The topological polar surface area (TPSA) is 127 Å². The molecule has 0 atom stereocenters. The van der Waals surface area contributed by atoms with Crippen molar-refractivity contribution < 1.29 is 28.6 Å². The lowest BCUT2D eigenvalue weighted by Crippen LogP contribution is -2.37. The minimum Gasteiger partial charge on any atom is -0.497 e. The van der Waals surface area contributed by atoms with Gasteiger partial charge < -0.3 is 24.8 Å². The maximum Gasteiger partial charge on any atom is 0.329 e. The van der Waals surface area contributed by atoms with Crippen LogP contribution in [0, 0.1) is 3.57 Å². The van der Waals surface area contributed by atoms with Crippen LogP contribution in [0.3, 0.4) is 0 Å². The van der Waals surface area contributed by atoms with Crippen molar-refractivity contribution in [3.8, 4) is 17.2 Å². The number of nitrogens with one attached hydrogen (secondary N) is 3. The van der Waals surface area contributed by atoms with Crippen molar-refractivity contribution in [3.05, 3.63) is 80.4 Å². The van der Waals surface area contributed by atoms with E-state index in [0.29, 0.717) is 43.7 Å². The number of nitrogens with zero attached hydrogens (tertiary/aromatic N) is 1. The molecule has 0 aromatic heterocycles. The number of rotatable bonds is 11. The molecule has 3 rings (SSSR count). The van der Waals surface area contributed by atoms with E-state index in [1.165, 1.54) is 6.21 Å². The summed E-state index contributed by atoms with van der Waals surface area (Å²) in [5.74, 6) is -0.632. The van der Waals surface area contributed by atoms with Gasteiger partial charge in [-0.05, 0) is 83.1 Å². The van der Waals surface area contributed by atoms with E-state index >= 15 is 0 Å². The van der Waals surface area contributed by atoms with E-state index in [2.05, 4.69) is 21.2 Å². The number of methoxy groups -OCH3 is 1. The van der Waals surface area contributed by atoms with Crippen LogP contribution >= 0.6 is 34.2 Å². The summed E-state index contributed by atoms with van der Waals surface area (Å²) in [5.41, 5.74) is 4.14. The smallest absolute Gasteiger partial charge is 0.329 e. The minimum absolute atomic E-state index is 0.175. The number of carbonyl (C=O) groups excluding carboxylic acids is 3. The quantitative estimate of drug-likeness (QED) is 0.123. The highest BCUT2D eigenvalue weighted by atomic mass is 127. The summed E-state index contributed by atoms with van der Waals surface area (Å²) in [5, 5.41) is 9.61. The van der Waals surface area contributed by atoms with E-state index < -0.39 is 11.8 Å². The van der Waals surface area contributed by atoms with Crippen molar-refractivity contribution >= 4 is 63.8 Å². The number of carbonyl (C=O) groups is 3. The molecule has 0 spiro atoms. The summed E-state index contributed by atoms with van der Waals surface area (Å²) in [6.45, 7) is 2.09. The molecule has 0 unspecified atom stereocenters. The standard InChI is InChI=1S/C27H26ClIN4O6/c1-3-38-23-12-18(11-22(29)25(23)39-16-24(34)32-20-6-4-5-19(28)13-20)15-31-33-27(36)26(35)30-14-17-7-9-21(37-2)10-8-17/h4-13,15H,3,14,16H2,1-2H3,(H,30,35)(H,32,34)(H,33,36)/b31-15-. The van der Waals surface area contributed by atoms with Gasteiger partial charge in [-0.2, -0.15) is 5.10 Å². The Morgan fingerprint density at radius 1 is 1.03 bits per heavy atom. The van der Waals surface area contributed by atoms with E-state index in [4.69, 9.17) is 25.8 Å². The van der Waals surface area contributed by atoms with Crippen molar-refractivity contribution in [1.82, 2.24) is 10.7 Å². The Bertz CT molecular complexity index is 1350. The SMILES string of the molecule is CCOc1cc(/C=N\NC(=O)C(=O)NCc2ccc(OC)cc2)cc(I)c1OCC(=O)Nc1cccc(Cl)c1. The highest BCUT2D eigenvalue weighted by Gasteiger charge is 2.15. The largest absolute Gasteiger partial charge is 0.497 e. The molecule has 12 heteroatoms. The first-order valence-corrected chi connectivity index (χ1v) is 13.1. The van der Waals surface area contributed by atoms with Gasteiger partial charge in [-0.15, -0.1) is 0 Å². The van der Waals surface area contributed by atoms with Crippen molar-refractivity contribution in [1.29, 1.82) is 0 Å². The molecule has 0 radical (unpaired) electrons.